The zero-order valence-electron chi connectivity index (χ0n) is 14.1. The highest BCUT2D eigenvalue weighted by Crippen LogP contribution is 2.10. The number of benzene rings is 1. The zero-order valence-corrected chi connectivity index (χ0v) is 16.4. The summed E-state index contributed by atoms with van der Waals surface area (Å²) in [4.78, 5) is 4.38. The molecule has 2 rings (SSSR count). The normalized spacial score (nSPS) is 10.7. The number of rotatable bonds is 7. The fourth-order valence-corrected chi connectivity index (χ4v) is 2.13. The molecule has 0 bridgehead atoms. The monoisotopic (exact) mass is 456 g/mol. The van der Waals surface area contributed by atoms with Crippen molar-refractivity contribution in [2.45, 2.75) is 26.4 Å². The van der Waals surface area contributed by atoms with Gasteiger partial charge in [0.2, 0.25) is 0 Å². The molecule has 0 aliphatic rings. The predicted molar refractivity (Wildman–Crippen MR) is 106 cm³/mol. The van der Waals surface area contributed by atoms with Gasteiger partial charge in [0.25, 0.3) is 0 Å². The summed E-state index contributed by atoms with van der Waals surface area (Å²) in [5, 5.41) is 19.3. The molecule has 0 unspecified atom stereocenters. The van der Waals surface area contributed by atoms with E-state index in [4.69, 9.17) is 5.26 Å². The minimum Gasteiger partial charge on any atom is -0.357 e. The van der Waals surface area contributed by atoms with Crippen LogP contribution in [0.15, 0.2) is 41.7 Å². The highest BCUT2D eigenvalue weighted by molar-refractivity contribution is 14.0. The van der Waals surface area contributed by atoms with Crippen molar-refractivity contribution < 1.29 is 4.39 Å². The first kappa shape index (κ1) is 20.9. The average Bonchev–Trinajstić information content (AvgIpc) is 3.10. The molecule has 2 aromatic rings. The second kappa shape index (κ2) is 11.4. The van der Waals surface area contributed by atoms with Crippen molar-refractivity contribution in [1.82, 2.24) is 20.4 Å². The van der Waals surface area contributed by atoms with Gasteiger partial charge >= 0.3 is 0 Å². The number of hydrogen-bond donors (Lipinski definition) is 2. The number of aryl methyl sites for hydroxylation is 1. The minimum absolute atomic E-state index is 0. The number of guanidine groups is 1. The molecule has 8 heteroatoms. The van der Waals surface area contributed by atoms with E-state index < -0.39 is 5.82 Å². The SMILES string of the molecule is CCNC(=NCc1ccc(C#N)cc1F)NCCCn1cccn1.I. The summed E-state index contributed by atoms with van der Waals surface area (Å²) >= 11 is 0. The molecule has 0 saturated heterocycles. The van der Waals surface area contributed by atoms with Crippen LogP contribution < -0.4 is 10.6 Å². The fraction of sp³-hybridized carbons (Fsp3) is 0.353. The van der Waals surface area contributed by atoms with E-state index in [-0.39, 0.29) is 30.5 Å². The van der Waals surface area contributed by atoms with E-state index in [1.54, 1.807) is 18.3 Å². The smallest absolute Gasteiger partial charge is 0.191 e. The maximum Gasteiger partial charge on any atom is 0.191 e. The number of nitriles is 1. The molecule has 1 aromatic heterocycles. The van der Waals surface area contributed by atoms with E-state index in [0.29, 0.717) is 17.1 Å². The Bertz CT molecular complexity index is 708. The largest absolute Gasteiger partial charge is 0.357 e. The molecule has 2 N–H and O–H groups in total. The summed E-state index contributed by atoms with van der Waals surface area (Å²) in [6.45, 7) is 4.47. The minimum atomic E-state index is -0.410. The number of aliphatic imine (C=N–C) groups is 1. The lowest BCUT2D eigenvalue weighted by Gasteiger charge is -2.11. The van der Waals surface area contributed by atoms with E-state index in [1.807, 2.05) is 29.9 Å². The van der Waals surface area contributed by atoms with Crippen molar-refractivity contribution in [2.75, 3.05) is 13.1 Å². The summed E-state index contributed by atoms with van der Waals surface area (Å²) in [7, 11) is 0. The maximum absolute atomic E-state index is 13.9. The Morgan fingerprint density at radius 3 is 2.88 bits per heavy atom. The van der Waals surface area contributed by atoms with Crippen LogP contribution in [0.4, 0.5) is 4.39 Å². The predicted octanol–water partition coefficient (Wildman–Crippen LogP) is 2.66. The van der Waals surface area contributed by atoms with Crippen LogP contribution in [0.2, 0.25) is 0 Å². The van der Waals surface area contributed by atoms with Crippen LogP contribution in [-0.4, -0.2) is 28.8 Å². The molecule has 0 aliphatic carbocycles. The van der Waals surface area contributed by atoms with Crippen molar-refractivity contribution in [2.24, 2.45) is 4.99 Å². The Balaban J connectivity index is 0.00000312. The first-order valence-electron chi connectivity index (χ1n) is 7.91. The molecule has 0 atom stereocenters. The van der Waals surface area contributed by atoms with Crippen LogP contribution in [0.3, 0.4) is 0 Å². The number of aromatic nitrogens is 2. The van der Waals surface area contributed by atoms with Crippen molar-refractivity contribution in [3.05, 3.63) is 53.6 Å². The molecule has 0 aliphatic heterocycles. The lowest BCUT2D eigenvalue weighted by molar-refractivity contribution is 0.570. The Morgan fingerprint density at radius 2 is 2.24 bits per heavy atom. The van der Waals surface area contributed by atoms with Gasteiger partial charge in [0.1, 0.15) is 5.82 Å². The van der Waals surface area contributed by atoms with E-state index in [2.05, 4.69) is 20.7 Å². The van der Waals surface area contributed by atoms with Crippen molar-refractivity contribution in [3.8, 4) is 6.07 Å². The third-order valence-corrected chi connectivity index (χ3v) is 3.35. The first-order valence-corrected chi connectivity index (χ1v) is 7.91. The maximum atomic E-state index is 13.9. The molecule has 1 aromatic carbocycles. The summed E-state index contributed by atoms with van der Waals surface area (Å²) in [6, 6.07) is 8.24. The average molecular weight is 456 g/mol. The molecular formula is C17H22FIN6. The molecule has 6 nitrogen and oxygen atoms in total. The molecule has 134 valence electrons. The standard InChI is InChI=1S/C17H21FN6.HI/c1-2-20-17(21-7-3-9-24-10-4-8-23-24)22-13-15-6-5-14(12-19)11-16(15)18;/h4-6,8,10-11H,2-3,7,9,13H2,1H3,(H2,20,21,22);1H. The van der Waals surface area contributed by atoms with Crippen LogP contribution in [0.25, 0.3) is 0 Å². The van der Waals surface area contributed by atoms with E-state index in [1.165, 1.54) is 6.07 Å². The molecular weight excluding hydrogens is 434 g/mol. The fourth-order valence-electron chi connectivity index (χ4n) is 2.13. The van der Waals surface area contributed by atoms with Crippen LogP contribution >= 0.6 is 24.0 Å². The van der Waals surface area contributed by atoms with Gasteiger partial charge in [-0.25, -0.2) is 9.38 Å². The summed E-state index contributed by atoms with van der Waals surface area (Å²) < 4.78 is 15.7. The van der Waals surface area contributed by atoms with Crippen LogP contribution in [0.5, 0.6) is 0 Å². The second-order valence-corrected chi connectivity index (χ2v) is 5.16. The zero-order chi connectivity index (χ0) is 17.2. The van der Waals surface area contributed by atoms with Gasteiger partial charge in [-0.3, -0.25) is 4.68 Å². The Kier molecular flexibility index (Phi) is 9.54. The van der Waals surface area contributed by atoms with Gasteiger partial charge < -0.3 is 10.6 Å². The summed E-state index contributed by atoms with van der Waals surface area (Å²) in [5.41, 5.74) is 0.770. The topological polar surface area (TPSA) is 78.0 Å². The quantitative estimate of drug-likeness (QED) is 0.291. The lowest BCUT2D eigenvalue weighted by Crippen LogP contribution is -2.38. The molecule has 25 heavy (non-hydrogen) atoms. The van der Waals surface area contributed by atoms with Gasteiger partial charge in [0.05, 0.1) is 18.2 Å². The lowest BCUT2D eigenvalue weighted by atomic mass is 10.1. The van der Waals surface area contributed by atoms with Gasteiger partial charge in [0.15, 0.2) is 5.96 Å². The van der Waals surface area contributed by atoms with Gasteiger partial charge in [-0.15, -0.1) is 24.0 Å². The Labute approximate surface area is 164 Å². The van der Waals surface area contributed by atoms with Crippen LogP contribution in [0, 0.1) is 17.1 Å². The Morgan fingerprint density at radius 1 is 1.40 bits per heavy atom. The second-order valence-electron chi connectivity index (χ2n) is 5.16. The molecule has 0 radical (unpaired) electrons. The highest BCUT2D eigenvalue weighted by Gasteiger charge is 2.04. The number of nitrogens with one attached hydrogen (secondary N) is 2. The third-order valence-electron chi connectivity index (χ3n) is 3.35. The molecule has 0 amide bonds. The molecule has 1 heterocycles. The Hall–Kier alpha value is -2.15. The van der Waals surface area contributed by atoms with Gasteiger partial charge in [-0.05, 0) is 31.5 Å². The van der Waals surface area contributed by atoms with Crippen LogP contribution in [0.1, 0.15) is 24.5 Å². The third kappa shape index (κ3) is 7.09. The van der Waals surface area contributed by atoms with Gasteiger partial charge in [0, 0.05) is 37.6 Å². The van der Waals surface area contributed by atoms with Crippen molar-refractivity contribution in [3.63, 3.8) is 0 Å². The molecule has 0 spiro atoms. The van der Waals surface area contributed by atoms with E-state index in [9.17, 15) is 4.39 Å². The van der Waals surface area contributed by atoms with Crippen LogP contribution in [-0.2, 0) is 13.1 Å². The molecule has 0 fully saturated rings. The number of hydrogen-bond acceptors (Lipinski definition) is 3. The highest BCUT2D eigenvalue weighted by atomic mass is 127. The van der Waals surface area contributed by atoms with Gasteiger partial charge in [-0.2, -0.15) is 10.4 Å². The first-order chi connectivity index (χ1) is 11.7. The summed E-state index contributed by atoms with van der Waals surface area (Å²) in [5.74, 6) is 0.231. The van der Waals surface area contributed by atoms with Crippen molar-refractivity contribution >= 4 is 29.9 Å². The van der Waals surface area contributed by atoms with Gasteiger partial charge in [-0.1, -0.05) is 6.07 Å². The number of halogens is 2. The molecule has 0 saturated carbocycles. The van der Waals surface area contributed by atoms with E-state index in [0.717, 1.165) is 26.1 Å². The van der Waals surface area contributed by atoms with Crippen molar-refractivity contribution in [1.29, 1.82) is 5.26 Å². The van der Waals surface area contributed by atoms with E-state index >= 15 is 0 Å². The summed E-state index contributed by atoms with van der Waals surface area (Å²) in [6.07, 6.45) is 4.58. The number of nitrogens with zero attached hydrogens (tertiary/aromatic N) is 4.